The summed E-state index contributed by atoms with van der Waals surface area (Å²) in [4.78, 5) is 42.1. The highest BCUT2D eigenvalue weighted by Crippen LogP contribution is 2.63. The first kappa shape index (κ1) is 25.4. The van der Waals surface area contributed by atoms with E-state index in [1.807, 2.05) is 6.92 Å². The van der Waals surface area contributed by atoms with E-state index in [9.17, 15) is 14.4 Å². The van der Waals surface area contributed by atoms with Crippen molar-refractivity contribution in [3.05, 3.63) is 24.3 Å². The molecule has 9 nitrogen and oxygen atoms in total. The Balaban J connectivity index is 1.63. The smallest absolute Gasteiger partial charge is 0.312 e. The lowest BCUT2D eigenvalue weighted by Gasteiger charge is -2.33. The van der Waals surface area contributed by atoms with Gasteiger partial charge >= 0.3 is 5.97 Å². The van der Waals surface area contributed by atoms with Crippen LogP contribution in [0.2, 0.25) is 0 Å². The molecule has 2 amide bonds. The van der Waals surface area contributed by atoms with Crippen molar-refractivity contribution in [3.63, 3.8) is 0 Å². The summed E-state index contributed by atoms with van der Waals surface area (Å²) in [5, 5.41) is 12.0. The summed E-state index contributed by atoms with van der Waals surface area (Å²) in [6.45, 7) is 4.33. The summed E-state index contributed by atoms with van der Waals surface area (Å²) in [5.74, 6) is -1.79. The van der Waals surface area contributed by atoms with Crippen LogP contribution in [0.1, 0.15) is 52.4 Å². The number of hydrogen-bond donors (Lipinski definition) is 2. The predicted octanol–water partition coefficient (Wildman–Crippen LogP) is 2.51. The topological polar surface area (TPSA) is 114 Å². The van der Waals surface area contributed by atoms with Crippen LogP contribution >= 0.6 is 0 Å². The molecule has 35 heavy (non-hydrogen) atoms. The molecule has 0 radical (unpaired) electrons. The second kappa shape index (κ2) is 10.1. The van der Waals surface area contributed by atoms with E-state index in [4.69, 9.17) is 19.3 Å². The fourth-order valence-corrected chi connectivity index (χ4v) is 6.19. The number of hydrogen-bond acceptors (Lipinski definition) is 7. The number of nitrogens with zero attached hydrogens (tertiary/aromatic N) is 1. The van der Waals surface area contributed by atoms with Gasteiger partial charge < -0.3 is 29.5 Å². The van der Waals surface area contributed by atoms with Gasteiger partial charge in [-0.3, -0.25) is 14.4 Å². The molecular weight excluding hydrogens is 452 g/mol. The van der Waals surface area contributed by atoms with Gasteiger partial charge in [0, 0.05) is 18.8 Å². The lowest BCUT2D eigenvalue weighted by molar-refractivity contribution is -0.158. The minimum atomic E-state index is -1.06. The van der Waals surface area contributed by atoms with E-state index in [-0.39, 0.29) is 25.0 Å². The third kappa shape index (κ3) is 4.40. The SMILES string of the molecule is CCOC(=O)[C@H]1[C@H]2C(=O)N(CCCCCCO)C(C(=O)Nc3ccc(OC)cc3)C23CC[C@]1(C)O3. The maximum absolute atomic E-state index is 13.8. The minimum absolute atomic E-state index is 0.133. The zero-order chi connectivity index (χ0) is 25.2. The highest BCUT2D eigenvalue weighted by atomic mass is 16.6. The molecule has 0 saturated carbocycles. The number of aliphatic hydroxyl groups excluding tert-OH is 1. The Morgan fingerprint density at radius 3 is 2.54 bits per heavy atom. The average Bonchev–Trinajstić information content (AvgIpc) is 3.40. The van der Waals surface area contributed by atoms with Gasteiger partial charge in [0.25, 0.3) is 0 Å². The lowest BCUT2D eigenvalue weighted by Crippen LogP contribution is -2.53. The zero-order valence-electron chi connectivity index (χ0n) is 20.7. The van der Waals surface area contributed by atoms with Crippen molar-refractivity contribution in [2.75, 3.05) is 32.2 Å². The Hall–Kier alpha value is -2.65. The third-order valence-electron chi connectivity index (χ3n) is 7.73. The first-order valence-electron chi connectivity index (χ1n) is 12.5. The quantitative estimate of drug-likeness (QED) is 0.363. The van der Waals surface area contributed by atoms with Gasteiger partial charge in [0.1, 0.15) is 23.3 Å². The van der Waals surface area contributed by atoms with Crippen LogP contribution in [0, 0.1) is 11.8 Å². The van der Waals surface area contributed by atoms with Crippen LogP contribution in [0.4, 0.5) is 5.69 Å². The summed E-state index contributed by atoms with van der Waals surface area (Å²) in [6.07, 6.45) is 4.18. The molecule has 3 fully saturated rings. The lowest BCUT2D eigenvalue weighted by atomic mass is 9.66. The Morgan fingerprint density at radius 1 is 1.17 bits per heavy atom. The Morgan fingerprint density at radius 2 is 1.89 bits per heavy atom. The number of rotatable bonds is 11. The molecule has 1 aromatic rings. The molecule has 192 valence electrons. The van der Waals surface area contributed by atoms with Crippen LogP contribution in [0.15, 0.2) is 24.3 Å². The molecule has 2 N–H and O–H groups in total. The number of benzene rings is 1. The van der Waals surface area contributed by atoms with Crippen LogP contribution in [0.3, 0.4) is 0 Å². The van der Waals surface area contributed by atoms with Crippen molar-refractivity contribution in [1.82, 2.24) is 4.90 Å². The van der Waals surface area contributed by atoms with Crippen LogP contribution in [-0.4, -0.2) is 71.9 Å². The number of carbonyl (C=O) groups is 3. The maximum atomic E-state index is 13.8. The molecule has 0 aromatic heterocycles. The number of fused-ring (bicyclic) bond motifs is 1. The summed E-state index contributed by atoms with van der Waals surface area (Å²) in [6, 6.07) is 6.16. The molecule has 1 spiro atoms. The van der Waals surface area contributed by atoms with Crippen molar-refractivity contribution >= 4 is 23.5 Å². The molecule has 3 saturated heterocycles. The third-order valence-corrected chi connectivity index (χ3v) is 7.73. The highest BCUT2D eigenvalue weighted by molar-refractivity contribution is 6.03. The summed E-state index contributed by atoms with van der Waals surface area (Å²) < 4.78 is 17.1. The van der Waals surface area contributed by atoms with E-state index in [0.717, 1.165) is 12.8 Å². The van der Waals surface area contributed by atoms with E-state index in [2.05, 4.69) is 5.32 Å². The minimum Gasteiger partial charge on any atom is -0.497 e. The second-order valence-electron chi connectivity index (χ2n) is 9.87. The van der Waals surface area contributed by atoms with Gasteiger partial charge in [0.2, 0.25) is 11.8 Å². The normalized spacial score (nSPS) is 30.9. The van der Waals surface area contributed by atoms with Crippen molar-refractivity contribution in [3.8, 4) is 5.75 Å². The zero-order valence-corrected chi connectivity index (χ0v) is 20.7. The molecule has 2 unspecified atom stereocenters. The largest absolute Gasteiger partial charge is 0.497 e. The van der Waals surface area contributed by atoms with Crippen LogP contribution in [-0.2, 0) is 23.9 Å². The molecular formula is C26H36N2O7. The number of methoxy groups -OCH3 is 1. The van der Waals surface area contributed by atoms with Crippen LogP contribution in [0.5, 0.6) is 5.75 Å². The van der Waals surface area contributed by atoms with Gasteiger partial charge in [0.15, 0.2) is 0 Å². The fourth-order valence-electron chi connectivity index (χ4n) is 6.19. The summed E-state index contributed by atoms with van der Waals surface area (Å²) in [7, 11) is 1.57. The Labute approximate surface area is 206 Å². The number of aliphatic hydroxyl groups is 1. The van der Waals surface area contributed by atoms with Gasteiger partial charge in [-0.1, -0.05) is 12.8 Å². The molecule has 3 aliphatic heterocycles. The number of likely N-dealkylation sites (tertiary alicyclic amines) is 1. The predicted molar refractivity (Wildman–Crippen MR) is 128 cm³/mol. The van der Waals surface area contributed by atoms with E-state index in [1.165, 1.54) is 0 Å². The van der Waals surface area contributed by atoms with Gasteiger partial charge in [-0.25, -0.2) is 0 Å². The van der Waals surface area contributed by atoms with Crippen molar-refractivity contribution < 1.29 is 33.7 Å². The van der Waals surface area contributed by atoms with Crippen molar-refractivity contribution in [1.29, 1.82) is 0 Å². The van der Waals surface area contributed by atoms with E-state index >= 15 is 0 Å². The molecule has 1 aromatic carbocycles. The molecule has 3 aliphatic rings. The van der Waals surface area contributed by atoms with E-state index in [0.29, 0.717) is 43.7 Å². The summed E-state index contributed by atoms with van der Waals surface area (Å²) >= 11 is 0. The van der Waals surface area contributed by atoms with Gasteiger partial charge in [0.05, 0.1) is 25.2 Å². The highest BCUT2D eigenvalue weighted by Gasteiger charge is 2.78. The first-order valence-corrected chi connectivity index (χ1v) is 12.5. The maximum Gasteiger partial charge on any atom is 0.312 e. The monoisotopic (exact) mass is 488 g/mol. The number of esters is 1. The standard InChI is InChI=1S/C26H36N2O7/c1-4-34-24(32)20-19-23(31)28(15-7-5-6-8-16-29)21(26(19)14-13-25(20,2)35-26)22(30)27-17-9-11-18(33-3)12-10-17/h9-12,19-21,29H,4-8,13-16H2,1-3H3,(H,27,30)/t19-,20+,21?,25-,26?/m0/s1. The Kier molecular flexibility index (Phi) is 7.38. The first-order chi connectivity index (χ1) is 16.8. The number of nitrogens with one attached hydrogen (secondary N) is 1. The second-order valence-corrected chi connectivity index (χ2v) is 9.87. The van der Waals surface area contributed by atoms with Crippen molar-refractivity contribution in [2.24, 2.45) is 11.8 Å². The fraction of sp³-hybridized carbons (Fsp3) is 0.654. The van der Waals surface area contributed by atoms with Crippen molar-refractivity contribution in [2.45, 2.75) is 69.6 Å². The number of carbonyl (C=O) groups excluding carboxylic acids is 3. The van der Waals surface area contributed by atoms with E-state index in [1.54, 1.807) is 43.2 Å². The number of amides is 2. The van der Waals surface area contributed by atoms with Gasteiger partial charge in [-0.2, -0.15) is 0 Å². The van der Waals surface area contributed by atoms with Gasteiger partial charge in [-0.15, -0.1) is 0 Å². The number of unbranched alkanes of at least 4 members (excludes halogenated alkanes) is 3. The molecule has 0 aliphatic carbocycles. The molecule has 5 atom stereocenters. The van der Waals surface area contributed by atoms with Crippen LogP contribution in [0.25, 0.3) is 0 Å². The molecule has 2 bridgehead atoms. The molecule has 4 rings (SSSR count). The molecule has 3 heterocycles. The summed E-state index contributed by atoms with van der Waals surface area (Å²) in [5.41, 5.74) is -1.31. The number of ether oxygens (including phenoxy) is 3. The average molecular weight is 489 g/mol. The van der Waals surface area contributed by atoms with Gasteiger partial charge in [-0.05, 0) is 63.8 Å². The number of anilines is 1. The Bertz CT molecular complexity index is 952. The van der Waals surface area contributed by atoms with E-state index < -0.39 is 35.0 Å². The van der Waals surface area contributed by atoms with Crippen LogP contribution < -0.4 is 10.1 Å². The molecule has 9 heteroatoms.